The Hall–Kier alpha value is -0.600. The third kappa shape index (κ3) is 4.07. The molecule has 1 atom stereocenters. The highest BCUT2D eigenvalue weighted by Crippen LogP contribution is 2.22. The molecule has 0 aromatic rings. The van der Waals surface area contributed by atoms with Crippen LogP contribution in [0.1, 0.15) is 33.1 Å². The normalized spacial score (nSPS) is 25.7. The topological polar surface area (TPSA) is 18.5 Å². The van der Waals surface area contributed by atoms with Gasteiger partial charge in [0.05, 0.1) is 6.61 Å². The first-order chi connectivity index (χ1) is 6.64. The van der Waals surface area contributed by atoms with Gasteiger partial charge in [0.25, 0.3) is 0 Å². The Morgan fingerprint density at radius 2 is 2.21 bits per heavy atom. The van der Waals surface area contributed by atoms with E-state index >= 15 is 0 Å². The molecule has 0 saturated carbocycles. The van der Waals surface area contributed by atoms with Gasteiger partial charge in [-0.1, -0.05) is 18.2 Å². The monoisotopic (exact) mass is 196 g/mol. The SMILES string of the molecule is C=CCCC/C=C\[C@H]1COC(C)(C)O1. The lowest BCUT2D eigenvalue weighted by molar-refractivity contribution is -0.133. The number of allylic oxidation sites excluding steroid dienone is 2. The fourth-order valence-corrected chi connectivity index (χ4v) is 1.44. The molecule has 0 radical (unpaired) electrons. The summed E-state index contributed by atoms with van der Waals surface area (Å²) in [5.41, 5.74) is 0. The molecule has 1 rings (SSSR count). The van der Waals surface area contributed by atoms with E-state index in [1.54, 1.807) is 0 Å². The summed E-state index contributed by atoms with van der Waals surface area (Å²) in [7, 11) is 0. The second kappa shape index (κ2) is 5.32. The summed E-state index contributed by atoms with van der Waals surface area (Å²) in [5.74, 6) is -0.407. The lowest BCUT2D eigenvalue weighted by Crippen LogP contribution is -2.20. The summed E-state index contributed by atoms with van der Waals surface area (Å²) in [6.45, 7) is 8.24. The van der Waals surface area contributed by atoms with Crippen LogP contribution >= 0.6 is 0 Å². The second-order valence-electron chi connectivity index (χ2n) is 4.01. The van der Waals surface area contributed by atoms with Crippen molar-refractivity contribution in [1.29, 1.82) is 0 Å². The standard InChI is InChI=1S/C12H20O2/c1-4-5-6-7-8-9-11-10-13-12(2,3)14-11/h4,8-9,11H,1,5-7,10H2,2-3H3/b9-8-/t11-/m0/s1. The van der Waals surface area contributed by atoms with Crippen molar-refractivity contribution in [2.45, 2.75) is 45.0 Å². The van der Waals surface area contributed by atoms with Crippen molar-refractivity contribution in [3.05, 3.63) is 24.8 Å². The van der Waals surface area contributed by atoms with Gasteiger partial charge in [-0.3, -0.25) is 0 Å². The van der Waals surface area contributed by atoms with Crippen molar-refractivity contribution in [2.75, 3.05) is 6.61 Å². The molecule has 0 bridgehead atoms. The van der Waals surface area contributed by atoms with Gasteiger partial charge in [0.15, 0.2) is 5.79 Å². The summed E-state index contributed by atoms with van der Waals surface area (Å²) in [6.07, 6.45) is 9.68. The van der Waals surface area contributed by atoms with E-state index in [2.05, 4.69) is 18.7 Å². The van der Waals surface area contributed by atoms with Crippen LogP contribution < -0.4 is 0 Å². The second-order valence-corrected chi connectivity index (χ2v) is 4.01. The Bertz CT molecular complexity index is 206. The molecule has 2 heteroatoms. The quantitative estimate of drug-likeness (QED) is 0.497. The van der Waals surface area contributed by atoms with E-state index in [0.29, 0.717) is 6.61 Å². The number of rotatable bonds is 5. The third-order valence-electron chi connectivity index (χ3n) is 2.16. The van der Waals surface area contributed by atoms with Gasteiger partial charge in [-0.15, -0.1) is 6.58 Å². The van der Waals surface area contributed by atoms with Crippen LogP contribution in [0.25, 0.3) is 0 Å². The average molecular weight is 196 g/mol. The fourth-order valence-electron chi connectivity index (χ4n) is 1.44. The molecule has 0 aromatic heterocycles. The van der Waals surface area contributed by atoms with Crippen molar-refractivity contribution in [3.8, 4) is 0 Å². The van der Waals surface area contributed by atoms with Gasteiger partial charge < -0.3 is 9.47 Å². The summed E-state index contributed by atoms with van der Waals surface area (Å²) in [4.78, 5) is 0. The summed E-state index contributed by atoms with van der Waals surface area (Å²) < 4.78 is 11.1. The molecule has 0 N–H and O–H groups in total. The van der Waals surface area contributed by atoms with Crippen LogP contribution in [0.15, 0.2) is 24.8 Å². The smallest absolute Gasteiger partial charge is 0.163 e. The van der Waals surface area contributed by atoms with Crippen LogP contribution in [0.5, 0.6) is 0 Å². The molecule has 0 aromatic carbocycles. The molecule has 14 heavy (non-hydrogen) atoms. The third-order valence-corrected chi connectivity index (χ3v) is 2.16. The van der Waals surface area contributed by atoms with Crippen LogP contribution in [0.4, 0.5) is 0 Å². The van der Waals surface area contributed by atoms with Crippen LogP contribution in [-0.4, -0.2) is 18.5 Å². The average Bonchev–Trinajstić information content (AvgIpc) is 2.45. The van der Waals surface area contributed by atoms with Gasteiger partial charge in [-0.25, -0.2) is 0 Å². The molecule has 2 nitrogen and oxygen atoms in total. The van der Waals surface area contributed by atoms with E-state index in [1.807, 2.05) is 19.9 Å². The number of hydrogen-bond donors (Lipinski definition) is 0. The number of ether oxygens (including phenoxy) is 2. The molecule has 1 aliphatic heterocycles. The predicted octanol–water partition coefficient (Wildman–Crippen LogP) is 3.05. The summed E-state index contributed by atoms with van der Waals surface area (Å²) >= 11 is 0. The Morgan fingerprint density at radius 3 is 2.79 bits per heavy atom. The van der Waals surface area contributed by atoms with Gasteiger partial charge in [0, 0.05) is 0 Å². The van der Waals surface area contributed by atoms with E-state index in [1.165, 1.54) is 0 Å². The molecule has 1 aliphatic rings. The molecule has 1 heterocycles. The first kappa shape index (κ1) is 11.5. The minimum atomic E-state index is -0.407. The van der Waals surface area contributed by atoms with Gasteiger partial charge in [0.2, 0.25) is 0 Å². The molecule has 0 aliphatic carbocycles. The molecular formula is C12H20O2. The lowest BCUT2D eigenvalue weighted by Gasteiger charge is -2.15. The minimum Gasteiger partial charge on any atom is -0.347 e. The maximum Gasteiger partial charge on any atom is 0.163 e. The number of unbranched alkanes of at least 4 members (excludes halogenated alkanes) is 2. The van der Waals surface area contributed by atoms with Crippen LogP contribution in [0.2, 0.25) is 0 Å². The summed E-state index contributed by atoms with van der Waals surface area (Å²) in [6, 6.07) is 0. The van der Waals surface area contributed by atoms with Crippen molar-refractivity contribution in [3.63, 3.8) is 0 Å². The van der Waals surface area contributed by atoms with Gasteiger partial charge in [-0.2, -0.15) is 0 Å². The Labute approximate surface area is 86.6 Å². The van der Waals surface area contributed by atoms with Crippen LogP contribution in [-0.2, 0) is 9.47 Å². The Kier molecular flexibility index (Phi) is 4.36. The van der Waals surface area contributed by atoms with Gasteiger partial charge in [0.1, 0.15) is 6.10 Å². The van der Waals surface area contributed by atoms with Crippen molar-refractivity contribution in [2.24, 2.45) is 0 Å². The van der Waals surface area contributed by atoms with Crippen molar-refractivity contribution in [1.82, 2.24) is 0 Å². The Balaban J connectivity index is 2.15. The van der Waals surface area contributed by atoms with Gasteiger partial charge in [-0.05, 0) is 33.1 Å². The van der Waals surface area contributed by atoms with E-state index in [4.69, 9.17) is 9.47 Å². The zero-order valence-corrected chi connectivity index (χ0v) is 9.16. The van der Waals surface area contributed by atoms with E-state index in [9.17, 15) is 0 Å². The lowest BCUT2D eigenvalue weighted by atomic mass is 10.2. The molecule has 1 saturated heterocycles. The maximum atomic E-state index is 5.63. The molecular weight excluding hydrogens is 176 g/mol. The van der Waals surface area contributed by atoms with Crippen molar-refractivity contribution >= 4 is 0 Å². The molecule has 0 spiro atoms. The highest BCUT2D eigenvalue weighted by Gasteiger charge is 2.30. The Morgan fingerprint density at radius 1 is 1.43 bits per heavy atom. The minimum absolute atomic E-state index is 0.133. The van der Waals surface area contributed by atoms with Crippen LogP contribution in [0, 0.1) is 0 Å². The zero-order chi connectivity index (χ0) is 10.4. The molecule has 0 amide bonds. The molecule has 80 valence electrons. The van der Waals surface area contributed by atoms with E-state index < -0.39 is 5.79 Å². The van der Waals surface area contributed by atoms with Gasteiger partial charge >= 0.3 is 0 Å². The first-order valence-electron chi connectivity index (χ1n) is 5.23. The number of hydrogen-bond acceptors (Lipinski definition) is 2. The van der Waals surface area contributed by atoms with E-state index in [0.717, 1.165) is 19.3 Å². The molecule has 0 unspecified atom stereocenters. The highest BCUT2D eigenvalue weighted by atomic mass is 16.7. The van der Waals surface area contributed by atoms with E-state index in [-0.39, 0.29) is 6.10 Å². The fraction of sp³-hybridized carbons (Fsp3) is 0.667. The highest BCUT2D eigenvalue weighted by molar-refractivity contribution is 4.93. The largest absolute Gasteiger partial charge is 0.347 e. The first-order valence-corrected chi connectivity index (χ1v) is 5.23. The zero-order valence-electron chi connectivity index (χ0n) is 9.16. The van der Waals surface area contributed by atoms with Crippen LogP contribution in [0.3, 0.4) is 0 Å². The predicted molar refractivity (Wildman–Crippen MR) is 58.1 cm³/mol. The van der Waals surface area contributed by atoms with Crippen molar-refractivity contribution < 1.29 is 9.47 Å². The summed E-state index contributed by atoms with van der Waals surface area (Å²) in [5, 5.41) is 0. The molecule has 1 fully saturated rings. The maximum absolute atomic E-state index is 5.63.